The van der Waals surface area contributed by atoms with E-state index in [4.69, 9.17) is 0 Å². The molecule has 0 aliphatic heterocycles. The van der Waals surface area contributed by atoms with Crippen molar-refractivity contribution in [2.24, 2.45) is 12.5 Å². The van der Waals surface area contributed by atoms with Crippen LogP contribution in [0.2, 0.25) is 0 Å². The van der Waals surface area contributed by atoms with Gasteiger partial charge in [0.15, 0.2) is 0 Å². The second kappa shape index (κ2) is 10.5. The highest BCUT2D eigenvalue weighted by Crippen LogP contribution is 2.21. The van der Waals surface area contributed by atoms with Gasteiger partial charge < -0.3 is 14.4 Å². The van der Waals surface area contributed by atoms with Gasteiger partial charge in [0.2, 0.25) is 11.8 Å². The number of hydrogen-bond acceptors (Lipinski definition) is 2. The number of unbranched alkanes of at least 4 members (excludes halogenated alkanes) is 1. The Labute approximate surface area is 165 Å². The smallest absolute Gasteiger partial charge is 0.242 e. The van der Waals surface area contributed by atoms with Gasteiger partial charge in [-0.05, 0) is 37.3 Å². The topological polar surface area (TPSA) is 45.6 Å². The number of rotatable bonds is 10. The molecular weight excluding hydrogens is 338 g/mol. The van der Waals surface area contributed by atoms with E-state index in [1.54, 1.807) is 4.90 Å². The molecule has 1 atom stereocenters. The number of nitrogens with zero attached hydrogens (tertiary/aromatic N) is 3. The number of aromatic nitrogens is 1. The molecule has 27 heavy (non-hydrogen) atoms. The summed E-state index contributed by atoms with van der Waals surface area (Å²) in [5.74, 6) is 0.103. The first-order valence-corrected chi connectivity index (χ1v) is 10.3. The fourth-order valence-corrected chi connectivity index (χ4v) is 3.01. The van der Waals surface area contributed by atoms with E-state index in [0.717, 1.165) is 31.5 Å². The molecule has 5 nitrogen and oxygen atoms in total. The minimum Gasteiger partial charge on any atom is -0.353 e. The van der Waals surface area contributed by atoms with Gasteiger partial charge in [-0.15, -0.1) is 0 Å². The lowest BCUT2D eigenvalue weighted by atomic mass is 9.91. The van der Waals surface area contributed by atoms with Crippen molar-refractivity contribution in [2.75, 3.05) is 13.1 Å². The SMILES string of the molecule is CCCCN(Cc1cccn1C)C(=O)CN(C(=O)CC(C)(C)C)C(C)CC. The zero-order valence-electron chi connectivity index (χ0n) is 18.4. The van der Waals surface area contributed by atoms with E-state index >= 15 is 0 Å². The Bertz CT molecular complexity index is 601. The van der Waals surface area contributed by atoms with E-state index in [2.05, 4.69) is 34.6 Å². The van der Waals surface area contributed by atoms with Gasteiger partial charge in [-0.3, -0.25) is 9.59 Å². The first-order valence-electron chi connectivity index (χ1n) is 10.3. The third kappa shape index (κ3) is 7.77. The molecule has 5 heteroatoms. The van der Waals surface area contributed by atoms with Gasteiger partial charge in [-0.1, -0.05) is 41.0 Å². The van der Waals surface area contributed by atoms with Crippen LogP contribution in [0.15, 0.2) is 18.3 Å². The minimum atomic E-state index is -0.0865. The fraction of sp³-hybridized carbons (Fsp3) is 0.727. The minimum absolute atomic E-state index is 0.0345. The van der Waals surface area contributed by atoms with Crippen LogP contribution in [0.25, 0.3) is 0 Å². The molecule has 0 saturated heterocycles. The molecule has 0 bridgehead atoms. The van der Waals surface area contributed by atoms with Gasteiger partial charge in [-0.25, -0.2) is 0 Å². The molecule has 0 N–H and O–H groups in total. The molecule has 0 spiro atoms. The first kappa shape index (κ1) is 23.3. The summed E-state index contributed by atoms with van der Waals surface area (Å²) in [6.45, 7) is 13.9. The molecule has 154 valence electrons. The van der Waals surface area contributed by atoms with Crippen LogP contribution in [0.1, 0.15) is 72.9 Å². The van der Waals surface area contributed by atoms with Crippen molar-refractivity contribution in [1.82, 2.24) is 14.4 Å². The highest BCUT2D eigenvalue weighted by Gasteiger charge is 2.27. The molecule has 0 aliphatic rings. The van der Waals surface area contributed by atoms with Crippen LogP contribution in [0.4, 0.5) is 0 Å². The second-order valence-corrected chi connectivity index (χ2v) is 8.80. The first-order chi connectivity index (χ1) is 12.6. The van der Waals surface area contributed by atoms with Gasteiger partial charge in [-0.2, -0.15) is 0 Å². The lowest BCUT2D eigenvalue weighted by Crippen LogP contribution is -2.47. The van der Waals surface area contributed by atoms with Crippen molar-refractivity contribution in [3.63, 3.8) is 0 Å². The number of carbonyl (C=O) groups is 2. The molecule has 1 rings (SSSR count). The Balaban J connectivity index is 2.92. The average molecular weight is 378 g/mol. The Morgan fingerprint density at radius 2 is 1.85 bits per heavy atom. The summed E-state index contributed by atoms with van der Waals surface area (Å²) in [6.07, 6.45) is 5.30. The zero-order valence-corrected chi connectivity index (χ0v) is 18.4. The largest absolute Gasteiger partial charge is 0.353 e. The summed E-state index contributed by atoms with van der Waals surface area (Å²) < 4.78 is 2.05. The van der Waals surface area contributed by atoms with E-state index in [0.29, 0.717) is 13.0 Å². The van der Waals surface area contributed by atoms with E-state index in [1.807, 2.05) is 41.8 Å². The molecule has 0 aliphatic carbocycles. The van der Waals surface area contributed by atoms with Gasteiger partial charge >= 0.3 is 0 Å². The predicted octanol–water partition coefficient (Wildman–Crippen LogP) is 4.22. The standard InChI is InChI=1S/C22H39N3O2/c1-8-10-14-24(16-19-12-11-13-23(19)7)21(27)17-25(18(3)9-2)20(26)15-22(4,5)6/h11-13,18H,8-10,14-17H2,1-7H3. The van der Waals surface area contributed by atoms with Crippen LogP contribution in [0.3, 0.4) is 0 Å². The van der Waals surface area contributed by atoms with Crippen molar-refractivity contribution in [1.29, 1.82) is 0 Å². The molecule has 0 fully saturated rings. The fourth-order valence-electron chi connectivity index (χ4n) is 3.01. The molecular formula is C22H39N3O2. The normalized spacial score (nSPS) is 12.7. The van der Waals surface area contributed by atoms with Crippen LogP contribution in [-0.2, 0) is 23.2 Å². The number of carbonyl (C=O) groups excluding carboxylic acids is 2. The lowest BCUT2D eigenvalue weighted by molar-refractivity contribution is -0.143. The summed E-state index contributed by atoms with van der Waals surface area (Å²) in [5.41, 5.74) is 1.02. The number of aryl methyl sites for hydroxylation is 1. The molecule has 1 heterocycles. The molecule has 1 aromatic heterocycles. The predicted molar refractivity (Wildman–Crippen MR) is 111 cm³/mol. The Morgan fingerprint density at radius 3 is 2.33 bits per heavy atom. The average Bonchev–Trinajstić information content (AvgIpc) is 2.98. The van der Waals surface area contributed by atoms with Gasteiger partial charge in [0.05, 0.1) is 13.1 Å². The Hall–Kier alpha value is -1.78. The van der Waals surface area contributed by atoms with E-state index in [-0.39, 0.29) is 29.8 Å². The summed E-state index contributed by atoms with van der Waals surface area (Å²) in [4.78, 5) is 29.6. The molecule has 0 radical (unpaired) electrons. The summed E-state index contributed by atoms with van der Waals surface area (Å²) >= 11 is 0. The monoisotopic (exact) mass is 377 g/mol. The summed E-state index contributed by atoms with van der Waals surface area (Å²) in [7, 11) is 2.00. The third-order valence-corrected chi connectivity index (χ3v) is 4.97. The van der Waals surface area contributed by atoms with Crippen molar-refractivity contribution in [3.8, 4) is 0 Å². The van der Waals surface area contributed by atoms with Crippen LogP contribution >= 0.6 is 0 Å². The van der Waals surface area contributed by atoms with Crippen molar-refractivity contribution >= 4 is 11.8 Å². The Morgan fingerprint density at radius 1 is 1.19 bits per heavy atom. The Kier molecular flexibility index (Phi) is 9.07. The van der Waals surface area contributed by atoms with Crippen LogP contribution in [0.5, 0.6) is 0 Å². The van der Waals surface area contributed by atoms with Crippen LogP contribution in [-0.4, -0.2) is 45.3 Å². The maximum atomic E-state index is 13.1. The number of hydrogen-bond donors (Lipinski definition) is 0. The van der Waals surface area contributed by atoms with Gasteiger partial charge in [0.1, 0.15) is 0 Å². The molecule has 0 saturated carbocycles. The van der Waals surface area contributed by atoms with Gasteiger partial charge in [0, 0.05) is 37.9 Å². The van der Waals surface area contributed by atoms with Crippen molar-refractivity contribution in [2.45, 2.75) is 79.8 Å². The maximum absolute atomic E-state index is 13.1. The lowest BCUT2D eigenvalue weighted by Gasteiger charge is -2.33. The van der Waals surface area contributed by atoms with Gasteiger partial charge in [0.25, 0.3) is 0 Å². The maximum Gasteiger partial charge on any atom is 0.242 e. The van der Waals surface area contributed by atoms with E-state index in [1.165, 1.54) is 0 Å². The quantitative estimate of drug-likeness (QED) is 0.613. The molecule has 1 aromatic rings. The zero-order chi connectivity index (χ0) is 20.6. The van der Waals surface area contributed by atoms with E-state index in [9.17, 15) is 9.59 Å². The molecule has 1 unspecified atom stereocenters. The van der Waals surface area contributed by atoms with Crippen molar-refractivity contribution in [3.05, 3.63) is 24.0 Å². The van der Waals surface area contributed by atoms with Crippen LogP contribution in [0, 0.1) is 5.41 Å². The highest BCUT2D eigenvalue weighted by molar-refractivity contribution is 5.85. The molecule has 0 aromatic carbocycles. The third-order valence-electron chi connectivity index (χ3n) is 4.97. The molecule has 2 amide bonds. The number of amides is 2. The summed E-state index contributed by atoms with van der Waals surface area (Å²) in [5, 5.41) is 0. The summed E-state index contributed by atoms with van der Waals surface area (Å²) in [6, 6.07) is 4.10. The second-order valence-electron chi connectivity index (χ2n) is 8.80. The van der Waals surface area contributed by atoms with Crippen molar-refractivity contribution < 1.29 is 9.59 Å². The van der Waals surface area contributed by atoms with E-state index < -0.39 is 0 Å². The van der Waals surface area contributed by atoms with Crippen LogP contribution < -0.4 is 0 Å². The highest BCUT2D eigenvalue weighted by atomic mass is 16.2.